The third-order valence-corrected chi connectivity index (χ3v) is 6.59. The molecule has 1 N–H and O–H groups in total. The number of halogens is 1. The first-order chi connectivity index (χ1) is 14.3. The SMILES string of the molecule is COc1ccc2c(c1)[C@H]1O[C@@H](CCc3cccc(Cl)c3)[C@@H](C(=O)O)C[C@@H]1C(C)(C)O2. The Morgan fingerprint density at radius 3 is 2.77 bits per heavy atom. The zero-order chi connectivity index (χ0) is 21.5. The zero-order valence-electron chi connectivity index (χ0n) is 17.4. The van der Waals surface area contributed by atoms with Crippen LogP contribution in [0.4, 0.5) is 0 Å². The molecular formula is C24H27ClO5. The minimum absolute atomic E-state index is 0.0689. The van der Waals surface area contributed by atoms with Crippen LogP contribution in [0.2, 0.25) is 5.02 Å². The van der Waals surface area contributed by atoms with E-state index in [4.69, 9.17) is 25.8 Å². The summed E-state index contributed by atoms with van der Waals surface area (Å²) in [5.74, 6) is 0.0255. The van der Waals surface area contributed by atoms with Crippen molar-refractivity contribution in [1.29, 1.82) is 0 Å². The van der Waals surface area contributed by atoms with Crippen LogP contribution in [0.1, 0.15) is 43.9 Å². The molecule has 1 fully saturated rings. The van der Waals surface area contributed by atoms with Gasteiger partial charge in [0, 0.05) is 16.5 Å². The van der Waals surface area contributed by atoms with Gasteiger partial charge in [-0.3, -0.25) is 4.79 Å². The normalized spacial score (nSPS) is 26.8. The number of carbonyl (C=O) groups is 1. The lowest BCUT2D eigenvalue weighted by molar-refractivity contribution is -0.188. The van der Waals surface area contributed by atoms with Crippen molar-refractivity contribution in [2.45, 2.75) is 50.9 Å². The fourth-order valence-electron chi connectivity index (χ4n) is 4.72. The van der Waals surface area contributed by atoms with Gasteiger partial charge in [0.2, 0.25) is 0 Å². The first kappa shape index (κ1) is 21.0. The van der Waals surface area contributed by atoms with E-state index in [0.717, 1.165) is 22.6 Å². The Hall–Kier alpha value is -2.24. The number of hydrogen-bond acceptors (Lipinski definition) is 4. The van der Waals surface area contributed by atoms with Gasteiger partial charge in [0.25, 0.3) is 0 Å². The van der Waals surface area contributed by atoms with Gasteiger partial charge in [0.1, 0.15) is 17.1 Å². The number of methoxy groups -OCH3 is 1. The lowest BCUT2D eigenvalue weighted by Gasteiger charge is -2.50. The van der Waals surface area contributed by atoms with Gasteiger partial charge in [-0.25, -0.2) is 0 Å². The molecule has 6 heteroatoms. The highest BCUT2D eigenvalue weighted by Gasteiger charge is 2.52. The van der Waals surface area contributed by atoms with Gasteiger partial charge < -0.3 is 19.3 Å². The Bertz CT molecular complexity index is 941. The fourth-order valence-corrected chi connectivity index (χ4v) is 4.94. The molecule has 0 bridgehead atoms. The Labute approximate surface area is 181 Å². The highest BCUT2D eigenvalue weighted by Crippen LogP contribution is 2.53. The summed E-state index contributed by atoms with van der Waals surface area (Å²) in [7, 11) is 1.63. The molecule has 1 saturated heterocycles. The Morgan fingerprint density at radius 1 is 1.27 bits per heavy atom. The van der Waals surface area contributed by atoms with E-state index in [-0.39, 0.29) is 12.0 Å². The summed E-state index contributed by atoms with van der Waals surface area (Å²) < 4.78 is 18.2. The Kier molecular flexibility index (Phi) is 5.69. The third-order valence-electron chi connectivity index (χ3n) is 6.36. The maximum absolute atomic E-state index is 12.1. The topological polar surface area (TPSA) is 65.0 Å². The maximum Gasteiger partial charge on any atom is 0.309 e. The van der Waals surface area contributed by atoms with Gasteiger partial charge in [-0.2, -0.15) is 0 Å². The highest BCUT2D eigenvalue weighted by molar-refractivity contribution is 6.30. The lowest BCUT2D eigenvalue weighted by atomic mass is 9.71. The van der Waals surface area contributed by atoms with Crippen molar-refractivity contribution in [3.8, 4) is 11.5 Å². The van der Waals surface area contributed by atoms with Crippen LogP contribution in [0.3, 0.4) is 0 Å². The van der Waals surface area contributed by atoms with Crippen LogP contribution in [-0.4, -0.2) is 29.9 Å². The molecule has 2 aliphatic rings. The predicted octanol–water partition coefficient (Wildman–Crippen LogP) is 5.30. The molecule has 30 heavy (non-hydrogen) atoms. The molecule has 2 aromatic rings. The summed E-state index contributed by atoms with van der Waals surface area (Å²) >= 11 is 6.10. The van der Waals surface area contributed by atoms with Crippen LogP contribution in [0.15, 0.2) is 42.5 Å². The summed E-state index contributed by atoms with van der Waals surface area (Å²) in [5.41, 5.74) is 1.47. The van der Waals surface area contributed by atoms with Crippen LogP contribution < -0.4 is 9.47 Å². The smallest absolute Gasteiger partial charge is 0.309 e. The first-order valence-corrected chi connectivity index (χ1v) is 10.7. The number of benzene rings is 2. The molecule has 2 heterocycles. The monoisotopic (exact) mass is 430 g/mol. The molecule has 5 nitrogen and oxygen atoms in total. The molecule has 0 unspecified atom stereocenters. The van der Waals surface area contributed by atoms with Gasteiger partial charge in [-0.05, 0) is 69.0 Å². The molecule has 0 amide bonds. The fraction of sp³-hybridized carbons (Fsp3) is 0.458. The molecule has 2 aliphatic heterocycles. The largest absolute Gasteiger partial charge is 0.497 e. The van der Waals surface area contributed by atoms with Gasteiger partial charge in [-0.1, -0.05) is 23.7 Å². The minimum Gasteiger partial charge on any atom is -0.497 e. The van der Waals surface area contributed by atoms with Crippen molar-refractivity contribution in [3.05, 3.63) is 58.6 Å². The van der Waals surface area contributed by atoms with Crippen molar-refractivity contribution < 1.29 is 24.1 Å². The zero-order valence-corrected chi connectivity index (χ0v) is 18.2. The number of carboxylic acids is 1. The van der Waals surface area contributed by atoms with E-state index >= 15 is 0 Å². The molecule has 160 valence electrons. The summed E-state index contributed by atoms with van der Waals surface area (Å²) in [6.45, 7) is 4.01. The van der Waals surface area contributed by atoms with Crippen molar-refractivity contribution in [2.24, 2.45) is 11.8 Å². The van der Waals surface area contributed by atoms with Crippen LogP contribution in [0.5, 0.6) is 11.5 Å². The summed E-state index contributed by atoms with van der Waals surface area (Å²) in [6.07, 6.45) is 1.19. The molecule has 0 saturated carbocycles. The van der Waals surface area contributed by atoms with Crippen molar-refractivity contribution in [3.63, 3.8) is 0 Å². The van der Waals surface area contributed by atoms with Crippen LogP contribution in [-0.2, 0) is 16.0 Å². The quantitative estimate of drug-likeness (QED) is 0.697. The average molecular weight is 431 g/mol. The predicted molar refractivity (Wildman–Crippen MR) is 114 cm³/mol. The number of aliphatic carboxylic acids is 1. The molecule has 0 spiro atoms. The van der Waals surface area contributed by atoms with Gasteiger partial charge in [-0.15, -0.1) is 0 Å². The van der Waals surface area contributed by atoms with E-state index in [2.05, 4.69) is 0 Å². The van der Waals surface area contributed by atoms with E-state index in [1.54, 1.807) is 7.11 Å². The molecule has 0 aliphatic carbocycles. The second kappa shape index (κ2) is 8.12. The maximum atomic E-state index is 12.1. The second-order valence-electron chi connectivity index (χ2n) is 8.66. The highest BCUT2D eigenvalue weighted by atomic mass is 35.5. The van der Waals surface area contributed by atoms with E-state index in [0.29, 0.717) is 24.3 Å². The molecule has 4 rings (SSSR count). The molecule has 0 aromatic heterocycles. The molecule has 4 atom stereocenters. The molecule has 0 radical (unpaired) electrons. The molecule has 2 aromatic carbocycles. The van der Waals surface area contributed by atoms with Gasteiger partial charge >= 0.3 is 5.97 Å². The first-order valence-electron chi connectivity index (χ1n) is 10.3. The summed E-state index contributed by atoms with van der Waals surface area (Å²) in [6, 6.07) is 13.4. The standard InChI is InChI=1S/C24H27ClO5/c1-24(2)19-13-18(23(26)27)20(9-7-14-5-4-6-15(25)11-14)29-22(19)17-12-16(28-3)8-10-21(17)30-24/h4-6,8,10-12,18-20,22H,7,9,13H2,1-3H3,(H,26,27)/t18-,19-,20-,22+/m0/s1. The van der Waals surface area contributed by atoms with Gasteiger partial charge in [0.15, 0.2) is 0 Å². The number of rotatable bonds is 5. The second-order valence-corrected chi connectivity index (χ2v) is 9.10. The van der Waals surface area contributed by atoms with E-state index in [1.165, 1.54) is 0 Å². The lowest BCUT2D eigenvalue weighted by Crippen LogP contribution is -2.52. The van der Waals surface area contributed by atoms with Crippen LogP contribution in [0, 0.1) is 11.8 Å². The third kappa shape index (κ3) is 4.01. The van der Waals surface area contributed by atoms with E-state index in [9.17, 15) is 9.90 Å². The molecular weight excluding hydrogens is 404 g/mol. The summed E-state index contributed by atoms with van der Waals surface area (Å²) in [5, 5.41) is 10.6. The van der Waals surface area contributed by atoms with Crippen molar-refractivity contribution in [1.82, 2.24) is 0 Å². The number of carboxylic acid groups (broad SMARTS) is 1. The van der Waals surface area contributed by atoms with Crippen molar-refractivity contribution in [2.75, 3.05) is 7.11 Å². The average Bonchev–Trinajstić information content (AvgIpc) is 2.71. The number of aryl methyl sites for hydroxylation is 1. The minimum atomic E-state index is -0.822. The van der Waals surface area contributed by atoms with Gasteiger partial charge in [0.05, 0.1) is 25.2 Å². The Balaban J connectivity index is 1.63. The Morgan fingerprint density at radius 2 is 2.07 bits per heavy atom. The summed E-state index contributed by atoms with van der Waals surface area (Å²) in [4.78, 5) is 12.1. The van der Waals surface area contributed by atoms with E-state index < -0.39 is 23.6 Å². The van der Waals surface area contributed by atoms with Crippen LogP contribution >= 0.6 is 11.6 Å². The van der Waals surface area contributed by atoms with Crippen molar-refractivity contribution >= 4 is 17.6 Å². The number of fused-ring (bicyclic) bond motifs is 3. The number of hydrogen-bond donors (Lipinski definition) is 1. The van der Waals surface area contributed by atoms with E-state index in [1.807, 2.05) is 56.3 Å². The number of ether oxygens (including phenoxy) is 3. The van der Waals surface area contributed by atoms with Crippen LogP contribution in [0.25, 0.3) is 0 Å².